The molecule has 3 rings (SSSR count). The Labute approximate surface area is 132 Å². The summed E-state index contributed by atoms with van der Waals surface area (Å²) in [6.07, 6.45) is 8.21. The van der Waals surface area contributed by atoms with Crippen LogP contribution in [0.25, 0.3) is 0 Å². The highest BCUT2D eigenvalue weighted by Gasteiger charge is 2.45. The van der Waals surface area contributed by atoms with Crippen molar-refractivity contribution < 1.29 is 9.18 Å². The first-order chi connectivity index (χ1) is 10.6. The van der Waals surface area contributed by atoms with Crippen molar-refractivity contribution in [3.05, 3.63) is 35.6 Å². The van der Waals surface area contributed by atoms with E-state index in [2.05, 4.69) is 12.2 Å². The Balaban J connectivity index is 1.84. The molecule has 0 saturated heterocycles. The van der Waals surface area contributed by atoms with Crippen LogP contribution in [0.1, 0.15) is 63.9 Å². The molecule has 0 bridgehead atoms. The zero-order valence-electron chi connectivity index (χ0n) is 13.4. The maximum absolute atomic E-state index is 14.3. The van der Waals surface area contributed by atoms with Crippen molar-refractivity contribution in [2.75, 3.05) is 0 Å². The van der Waals surface area contributed by atoms with Gasteiger partial charge in [0.05, 0.1) is 5.41 Å². The molecule has 0 aromatic heterocycles. The standard InChI is InChI=1S/C19H26FNO/c1-14-8-2-5-11-17(14)21-18(22)19(12-6-7-13-19)15-9-3-4-10-16(15)20/h3-4,9-10,14,17H,2,5-8,11-13H2,1H3,(H,21,22). The lowest BCUT2D eigenvalue weighted by atomic mass is 9.76. The Hall–Kier alpha value is -1.38. The molecule has 0 spiro atoms. The van der Waals surface area contributed by atoms with E-state index in [1.54, 1.807) is 12.1 Å². The highest BCUT2D eigenvalue weighted by molar-refractivity contribution is 5.89. The second-order valence-electron chi connectivity index (χ2n) is 7.11. The third kappa shape index (κ3) is 2.78. The maximum Gasteiger partial charge on any atom is 0.230 e. The number of hydrogen-bond acceptors (Lipinski definition) is 1. The fraction of sp³-hybridized carbons (Fsp3) is 0.632. The lowest BCUT2D eigenvalue weighted by molar-refractivity contribution is -0.128. The first-order valence-electron chi connectivity index (χ1n) is 8.69. The molecule has 2 fully saturated rings. The van der Waals surface area contributed by atoms with Crippen molar-refractivity contribution in [2.24, 2.45) is 5.92 Å². The smallest absolute Gasteiger partial charge is 0.230 e. The zero-order valence-corrected chi connectivity index (χ0v) is 13.4. The van der Waals surface area contributed by atoms with Crippen LogP contribution in [0.3, 0.4) is 0 Å². The number of rotatable bonds is 3. The van der Waals surface area contributed by atoms with Gasteiger partial charge in [0, 0.05) is 11.6 Å². The average Bonchev–Trinajstić information content (AvgIpc) is 3.01. The van der Waals surface area contributed by atoms with E-state index in [0.29, 0.717) is 11.5 Å². The van der Waals surface area contributed by atoms with Crippen LogP contribution in [0.2, 0.25) is 0 Å². The fourth-order valence-electron chi connectivity index (χ4n) is 4.28. The molecular formula is C19H26FNO. The molecule has 120 valence electrons. The van der Waals surface area contributed by atoms with Gasteiger partial charge in [-0.05, 0) is 37.7 Å². The number of halogens is 1. The molecule has 2 saturated carbocycles. The molecule has 2 unspecified atom stereocenters. The Morgan fingerprint density at radius 1 is 1.14 bits per heavy atom. The van der Waals surface area contributed by atoms with E-state index in [4.69, 9.17) is 0 Å². The van der Waals surface area contributed by atoms with E-state index < -0.39 is 5.41 Å². The summed E-state index contributed by atoms with van der Waals surface area (Å²) < 4.78 is 14.3. The van der Waals surface area contributed by atoms with Crippen LogP contribution in [0, 0.1) is 11.7 Å². The minimum atomic E-state index is -0.650. The van der Waals surface area contributed by atoms with Crippen LogP contribution in [0.4, 0.5) is 4.39 Å². The van der Waals surface area contributed by atoms with Gasteiger partial charge in [-0.3, -0.25) is 4.79 Å². The van der Waals surface area contributed by atoms with Crippen LogP contribution < -0.4 is 5.32 Å². The van der Waals surface area contributed by atoms with Gasteiger partial charge < -0.3 is 5.32 Å². The van der Waals surface area contributed by atoms with Crippen LogP contribution >= 0.6 is 0 Å². The molecule has 2 aliphatic rings. The summed E-state index contributed by atoms with van der Waals surface area (Å²) in [6, 6.07) is 7.07. The quantitative estimate of drug-likeness (QED) is 0.884. The molecule has 0 radical (unpaired) electrons. The van der Waals surface area contributed by atoms with E-state index in [0.717, 1.165) is 32.1 Å². The van der Waals surface area contributed by atoms with Gasteiger partial charge in [-0.2, -0.15) is 0 Å². The molecule has 0 aliphatic heterocycles. The number of benzene rings is 1. The van der Waals surface area contributed by atoms with Crippen molar-refractivity contribution in [1.29, 1.82) is 0 Å². The summed E-state index contributed by atoms with van der Waals surface area (Å²) >= 11 is 0. The monoisotopic (exact) mass is 303 g/mol. The van der Waals surface area contributed by atoms with Gasteiger partial charge in [0.1, 0.15) is 5.82 Å². The Kier molecular flexibility index (Phi) is 4.51. The van der Waals surface area contributed by atoms with Crippen LogP contribution in [-0.4, -0.2) is 11.9 Å². The maximum atomic E-state index is 14.3. The Morgan fingerprint density at radius 2 is 1.82 bits per heavy atom. The van der Waals surface area contributed by atoms with E-state index in [1.165, 1.54) is 25.3 Å². The molecular weight excluding hydrogens is 277 g/mol. The molecule has 2 nitrogen and oxygen atoms in total. The first-order valence-corrected chi connectivity index (χ1v) is 8.69. The van der Waals surface area contributed by atoms with Crippen molar-refractivity contribution in [3.63, 3.8) is 0 Å². The molecule has 2 aliphatic carbocycles. The third-order valence-electron chi connectivity index (χ3n) is 5.71. The third-order valence-corrected chi connectivity index (χ3v) is 5.71. The van der Waals surface area contributed by atoms with Crippen molar-refractivity contribution in [2.45, 2.75) is 69.7 Å². The van der Waals surface area contributed by atoms with Crippen molar-refractivity contribution in [3.8, 4) is 0 Å². The molecule has 1 amide bonds. The van der Waals surface area contributed by atoms with Gasteiger partial charge in [0.2, 0.25) is 5.91 Å². The lowest BCUT2D eigenvalue weighted by Gasteiger charge is -2.35. The van der Waals surface area contributed by atoms with Crippen molar-refractivity contribution >= 4 is 5.91 Å². The normalized spacial score (nSPS) is 27.5. The minimum absolute atomic E-state index is 0.0499. The van der Waals surface area contributed by atoms with E-state index in [-0.39, 0.29) is 17.8 Å². The van der Waals surface area contributed by atoms with E-state index in [1.807, 2.05) is 6.07 Å². The van der Waals surface area contributed by atoms with Gasteiger partial charge in [-0.25, -0.2) is 4.39 Å². The van der Waals surface area contributed by atoms with E-state index in [9.17, 15) is 9.18 Å². The highest BCUT2D eigenvalue weighted by atomic mass is 19.1. The predicted octanol–water partition coefficient (Wildman–Crippen LogP) is 4.33. The Bertz CT molecular complexity index is 536. The number of carbonyl (C=O) groups is 1. The predicted molar refractivity (Wildman–Crippen MR) is 86.1 cm³/mol. The summed E-state index contributed by atoms with van der Waals surface area (Å²) in [5.74, 6) is 0.335. The second kappa shape index (κ2) is 6.39. The topological polar surface area (TPSA) is 29.1 Å². The largest absolute Gasteiger partial charge is 0.352 e. The van der Waals surface area contributed by atoms with Gasteiger partial charge in [0.25, 0.3) is 0 Å². The number of hydrogen-bond donors (Lipinski definition) is 1. The van der Waals surface area contributed by atoms with E-state index >= 15 is 0 Å². The summed E-state index contributed by atoms with van der Waals surface area (Å²) in [5.41, 5.74) is -0.0591. The molecule has 22 heavy (non-hydrogen) atoms. The zero-order chi connectivity index (χ0) is 15.6. The van der Waals surface area contributed by atoms with Crippen LogP contribution in [-0.2, 0) is 10.2 Å². The number of nitrogens with one attached hydrogen (secondary N) is 1. The summed E-state index contributed by atoms with van der Waals surface area (Å²) in [4.78, 5) is 13.1. The first kappa shape index (κ1) is 15.5. The fourth-order valence-corrected chi connectivity index (χ4v) is 4.28. The number of carbonyl (C=O) groups excluding carboxylic acids is 1. The molecule has 0 heterocycles. The SMILES string of the molecule is CC1CCCCC1NC(=O)C1(c2ccccc2F)CCCC1. The molecule has 1 aromatic carbocycles. The summed E-state index contributed by atoms with van der Waals surface area (Å²) in [6.45, 7) is 2.22. The molecule has 1 aromatic rings. The van der Waals surface area contributed by atoms with Gasteiger partial charge in [-0.15, -0.1) is 0 Å². The van der Waals surface area contributed by atoms with Crippen LogP contribution in [0.15, 0.2) is 24.3 Å². The van der Waals surface area contributed by atoms with Crippen LogP contribution in [0.5, 0.6) is 0 Å². The summed E-state index contributed by atoms with van der Waals surface area (Å²) in [7, 11) is 0. The van der Waals surface area contributed by atoms with Gasteiger partial charge >= 0.3 is 0 Å². The molecule has 3 heteroatoms. The molecule has 2 atom stereocenters. The lowest BCUT2D eigenvalue weighted by Crippen LogP contribution is -2.50. The number of amides is 1. The van der Waals surface area contributed by atoms with Gasteiger partial charge in [0.15, 0.2) is 0 Å². The van der Waals surface area contributed by atoms with Crippen molar-refractivity contribution in [1.82, 2.24) is 5.32 Å². The highest BCUT2D eigenvalue weighted by Crippen LogP contribution is 2.42. The Morgan fingerprint density at radius 3 is 2.50 bits per heavy atom. The summed E-state index contributed by atoms with van der Waals surface area (Å²) in [5, 5.41) is 3.27. The minimum Gasteiger partial charge on any atom is -0.352 e. The van der Waals surface area contributed by atoms with Gasteiger partial charge in [-0.1, -0.05) is 50.8 Å². The molecule has 1 N–H and O–H groups in total. The average molecular weight is 303 g/mol. The second-order valence-corrected chi connectivity index (χ2v) is 7.11.